The van der Waals surface area contributed by atoms with Gasteiger partial charge in [0.05, 0.1) is 10.7 Å². The van der Waals surface area contributed by atoms with Crippen LogP contribution >= 0.6 is 34.2 Å². The quantitative estimate of drug-likeness (QED) is 0.297. The van der Waals surface area contributed by atoms with Crippen molar-refractivity contribution in [1.82, 2.24) is 10.2 Å². The van der Waals surface area contributed by atoms with Gasteiger partial charge in [-0.1, -0.05) is 36.6 Å². The Morgan fingerprint density at radius 1 is 1.15 bits per heavy atom. The third-order valence-electron chi connectivity index (χ3n) is 5.68. The molecule has 1 N–H and O–H groups in total. The molecular formula is C24H22ClIN2O5. The number of hydrogen-bond donors (Lipinski definition) is 1. The molecule has 7 nitrogen and oxygen atoms in total. The van der Waals surface area contributed by atoms with Crippen LogP contribution in [0.25, 0.3) is 6.08 Å². The SMILES string of the molecule is COc1cc(/C=C2/C(=O)NC(=O)N(C3CCCC3)C2=O)cc(I)c1OCc1ccc(Cl)cc1. The molecule has 33 heavy (non-hydrogen) atoms. The topological polar surface area (TPSA) is 84.9 Å². The van der Waals surface area contributed by atoms with Gasteiger partial charge in [-0.15, -0.1) is 0 Å². The fraction of sp³-hybridized carbons (Fsp3) is 0.292. The van der Waals surface area contributed by atoms with Crippen molar-refractivity contribution in [3.8, 4) is 11.5 Å². The Bertz CT molecular complexity index is 1130. The van der Waals surface area contributed by atoms with E-state index in [0.717, 1.165) is 34.8 Å². The first-order valence-corrected chi connectivity index (χ1v) is 12.0. The van der Waals surface area contributed by atoms with Gasteiger partial charge in [-0.3, -0.25) is 19.8 Å². The van der Waals surface area contributed by atoms with E-state index in [0.29, 0.717) is 28.7 Å². The number of imide groups is 2. The summed E-state index contributed by atoms with van der Waals surface area (Å²) in [6.07, 6.45) is 4.92. The maximum absolute atomic E-state index is 13.0. The highest BCUT2D eigenvalue weighted by molar-refractivity contribution is 14.1. The van der Waals surface area contributed by atoms with Crippen molar-refractivity contribution in [3.05, 3.63) is 61.7 Å². The van der Waals surface area contributed by atoms with Crippen molar-refractivity contribution < 1.29 is 23.9 Å². The molecule has 1 saturated heterocycles. The normalized spacial score (nSPS) is 18.1. The summed E-state index contributed by atoms with van der Waals surface area (Å²) in [5.41, 5.74) is 1.47. The van der Waals surface area contributed by atoms with E-state index in [1.165, 1.54) is 18.1 Å². The maximum atomic E-state index is 13.0. The molecule has 1 saturated carbocycles. The molecule has 4 amide bonds. The van der Waals surface area contributed by atoms with Crippen LogP contribution in [0.4, 0.5) is 4.79 Å². The number of halogens is 2. The highest BCUT2D eigenvalue weighted by atomic mass is 127. The average molecular weight is 581 g/mol. The molecular weight excluding hydrogens is 559 g/mol. The van der Waals surface area contributed by atoms with Gasteiger partial charge in [-0.05, 0) is 76.9 Å². The molecule has 2 fully saturated rings. The van der Waals surface area contributed by atoms with Crippen molar-refractivity contribution >= 4 is 58.1 Å². The van der Waals surface area contributed by atoms with E-state index in [9.17, 15) is 14.4 Å². The average Bonchev–Trinajstić information content (AvgIpc) is 3.31. The number of methoxy groups -OCH3 is 1. The number of rotatable bonds is 6. The number of barbiturate groups is 1. The van der Waals surface area contributed by atoms with Crippen LogP contribution in [-0.2, 0) is 16.2 Å². The van der Waals surface area contributed by atoms with E-state index in [4.69, 9.17) is 21.1 Å². The van der Waals surface area contributed by atoms with E-state index < -0.39 is 17.8 Å². The van der Waals surface area contributed by atoms with E-state index in [2.05, 4.69) is 27.9 Å². The van der Waals surface area contributed by atoms with Gasteiger partial charge in [0.1, 0.15) is 12.2 Å². The van der Waals surface area contributed by atoms with Crippen LogP contribution in [0, 0.1) is 3.57 Å². The van der Waals surface area contributed by atoms with Gasteiger partial charge in [-0.25, -0.2) is 4.79 Å². The van der Waals surface area contributed by atoms with Crippen molar-refractivity contribution in [2.24, 2.45) is 0 Å². The summed E-state index contributed by atoms with van der Waals surface area (Å²) >= 11 is 8.05. The molecule has 1 aliphatic heterocycles. The van der Waals surface area contributed by atoms with Gasteiger partial charge in [0, 0.05) is 11.1 Å². The number of benzene rings is 2. The molecule has 0 bridgehead atoms. The molecule has 0 spiro atoms. The molecule has 0 atom stereocenters. The zero-order valence-electron chi connectivity index (χ0n) is 17.9. The second-order valence-corrected chi connectivity index (χ2v) is 9.48. The van der Waals surface area contributed by atoms with Crippen molar-refractivity contribution in [1.29, 1.82) is 0 Å². The summed E-state index contributed by atoms with van der Waals surface area (Å²) in [7, 11) is 1.52. The molecule has 2 aromatic carbocycles. The third-order valence-corrected chi connectivity index (χ3v) is 6.74. The first-order chi connectivity index (χ1) is 15.9. The monoisotopic (exact) mass is 580 g/mol. The lowest BCUT2D eigenvalue weighted by molar-refractivity contribution is -0.131. The number of ether oxygens (including phenoxy) is 2. The first-order valence-electron chi connectivity index (χ1n) is 10.5. The molecule has 172 valence electrons. The summed E-state index contributed by atoms with van der Waals surface area (Å²) < 4.78 is 12.2. The Morgan fingerprint density at radius 3 is 2.52 bits per heavy atom. The minimum Gasteiger partial charge on any atom is -0.493 e. The summed E-state index contributed by atoms with van der Waals surface area (Å²) in [5.74, 6) is -0.239. The predicted octanol–water partition coefficient (Wildman–Crippen LogP) is 4.94. The zero-order valence-corrected chi connectivity index (χ0v) is 20.8. The Morgan fingerprint density at radius 2 is 1.85 bits per heavy atom. The lowest BCUT2D eigenvalue weighted by Gasteiger charge is -2.31. The second-order valence-electron chi connectivity index (χ2n) is 7.88. The molecule has 0 radical (unpaired) electrons. The molecule has 9 heteroatoms. The van der Waals surface area contributed by atoms with Gasteiger partial charge in [-0.2, -0.15) is 0 Å². The fourth-order valence-corrected chi connectivity index (χ4v) is 4.94. The van der Waals surface area contributed by atoms with Crippen molar-refractivity contribution in [2.45, 2.75) is 38.3 Å². The second kappa shape index (κ2) is 10.1. The third kappa shape index (κ3) is 5.16. The molecule has 4 rings (SSSR count). The fourth-order valence-electron chi connectivity index (χ4n) is 4.03. The van der Waals surface area contributed by atoms with Crippen LogP contribution < -0.4 is 14.8 Å². The lowest BCUT2D eigenvalue weighted by atomic mass is 10.0. The summed E-state index contributed by atoms with van der Waals surface area (Å²) in [6, 6.07) is 10.0. The number of carbonyl (C=O) groups is 3. The summed E-state index contributed by atoms with van der Waals surface area (Å²) in [5, 5.41) is 2.95. The molecule has 0 aromatic heterocycles. The van der Waals surface area contributed by atoms with Gasteiger partial charge in [0.2, 0.25) is 0 Å². The van der Waals surface area contributed by atoms with Crippen LogP contribution in [0.2, 0.25) is 5.02 Å². The molecule has 1 heterocycles. The summed E-state index contributed by atoms with van der Waals surface area (Å²) in [4.78, 5) is 39.0. The number of nitrogens with one attached hydrogen (secondary N) is 1. The Hall–Kier alpha value is -2.59. The number of urea groups is 1. The minimum atomic E-state index is -0.698. The van der Waals surface area contributed by atoms with Crippen LogP contribution in [0.1, 0.15) is 36.8 Å². The Labute approximate surface area is 210 Å². The van der Waals surface area contributed by atoms with Crippen LogP contribution in [-0.4, -0.2) is 35.9 Å². The van der Waals surface area contributed by atoms with E-state index in [1.807, 2.05) is 12.1 Å². The standard InChI is InChI=1S/C24H22ClIN2O5/c1-32-20-12-15(11-19(26)21(20)33-13-14-6-8-16(25)9-7-14)10-18-22(29)27-24(31)28(23(18)30)17-4-2-3-5-17/h6-12,17H,2-5,13H2,1H3,(H,27,29,31)/b18-10-. The van der Waals surface area contributed by atoms with E-state index >= 15 is 0 Å². The van der Waals surface area contributed by atoms with Gasteiger partial charge in [0.25, 0.3) is 11.8 Å². The van der Waals surface area contributed by atoms with Crippen molar-refractivity contribution in [3.63, 3.8) is 0 Å². The molecule has 0 unspecified atom stereocenters. The number of amides is 4. The number of carbonyl (C=O) groups excluding carboxylic acids is 3. The van der Waals surface area contributed by atoms with E-state index in [1.54, 1.807) is 24.3 Å². The van der Waals surface area contributed by atoms with Gasteiger partial charge in [0.15, 0.2) is 11.5 Å². The highest BCUT2D eigenvalue weighted by Gasteiger charge is 2.40. The van der Waals surface area contributed by atoms with Crippen LogP contribution in [0.3, 0.4) is 0 Å². The number of hydrogen-bond acceptors (Lipinski definition) is 5. The lowest BCUT2D eigenvalue weighted by Crippen LogP contribution is -2.57. The van der Waals surface area contributed by atoms with Gasteiger partial charge < -0.3 is 9.47 Å². The first kappa shape index (κ1) is 23.6. The number of nitrogens with zero attached hydrogens (tertiary/aromatic N) is 1. The Kier molecular flexibility index (Phi) is 7.23. The highest BCUT2D eigenvalue weighted by Crippen LogP contribution is 2.36. The smallest absolute Gasteiger partial charge is 0.331 e. The van der Waals surface area contributed by atoms with Gasteiger partial charge >= 0.3 is 6.03 Å². The van der Waals surface area contributed by atoms with Crippen molar-refractivity contribution in [2.75, 3.05) is 7.11 Å². The van der Waals surface area contributed by atoms with E-state index in [-0.39, 0.29) is 11.6 Å². The summed E-state index contributed by atoms with van der Waals surface area (Å²) in [6.45, 7) is 0.323. The Balaban J connectivity index is 1.59. The molecule has 2 aromatic rings. The predicted molar refractivity (Wildman–Crippen MR) is 132 cm³/mol. The minimum absolute atomic E-state index is 0.0748. The zero-order chi connectivity index (χ0) is 23.5. The van der Waals surface area contributed by atoms with Crippen LogP contribution in [0.15, 0.2) is 42.0 Å². The molecule has 2 aliphatic rings. The largest absolute Gasteiger partial charge is 0.493 e. The molecule has 1 aliphatic carbocycles. The maximum Gasteiger partial charge on any atom is 0.331 e. The van der Waals surface area contributed by atoms with Crippen LogP contribution in [0.5, 0.6) is 11.5 Å².